The molecule has 1 N–H and O–H groups in total. The zero-order valence-electron chi connectivity index (χ0n) is 23.6. The van der Waals surface area contributed by atoms with Gasteiger partial charge in [0.25, 0.3) is 0 Å². The predicted molar refractivity (Wildman–Crippen MR) is 150 cm³/mol. The summed E-state index contributed by atoms with van der Waals surface area (Å²) in [6, 6.07) is 17.0. The zero-order valence-corrected chi connectivity index (χ0v) is 23.6. The fourth-order valence-corrected chi connectivity index (χ4v) is 6.28. The van der Waals surface area contributed by atoms with Crippen molar-refractivity contribution in [2.24, 2.45) is 11.8 Å². The number of rotatable bonds is 9. The maximum absolute atomic E-state index is 14.0. The van der Waals surface area contributed by atoms with Crippen molar-refractivity contribution < 1.29 is 14.3 Å². The lowest BCUT2D eigenvalue weighted by molar-refractivity contribution is -0.138. The van der Waals surface area contributed by atoms with Crippen LogP contribution in [-0.2, 0) is 16.1 Å². The Bertz CT molecular complexity index is 1030. The van der Waals surface area contributed by atoms with Crippen molar-refractivity contribution in [1.82, 2.24) is 10.2 Å². The molecule has 5 nitrogen and oxygen atoms in total. The normalized spacial score (nSPS) is 23.0. The number of hydrogen-bond donors (Lipinski definition) is 1. The third-order valence-corrected chi connectivity index (χ3v) is 8.80. The van der Waals surface area contributed by atoms with Gasteiger partial charge in [-0.3, -0.25) is 4.79 Å². The standard InChI is InChI=1S/C32H46N2O3/c1-22(2)25-17-18-28(36-5)26(19-25)20-33-29-27(32(3,4)37-6)21-34(30(29)23-13-9-7-10-14-23)31(35)24-15-11-8-12-16-24/h7,9-10,13-14,17-19,22,24,27,29-30,33H,8,11-12,15-16,20-21H2,1-6H3. The van der Waals surface area contributed by atoms with Gasteiger partial charge in [-0.05, 0) is 49.8 Å². The van der Waals surface area contributed by atoms with E-state index in [1.165, 1.54) is 17.5 Å². The number of hydrogen-bond acceptors (Lipinski definition) is 4. The van der Waals surface area contributed by atoms with E-state index in [4.69, 9.17) is 9.47 Å². The van der Waals surface area contributed by atoms with Gasteiger partial charge in [-0.15, -0.1) is 0 Å². The number of carbonyl (C=O) groups is 1. The minimum Gasteiger partial charge on any atom is -0.496 e. The van der Waals surface area contributed by atoms with Gasteiger partial charge >= 0.3 is 0 Å². The lowest BCUT2D eigenvalue weighted by Crippen LogP contribution is -2.47. The van der Waals surface area contributed by atoms with Gasteiger partial charge in [0.2, 0.25) is 5.91 Å². The molecule has 2 aromatic carbocycles. The van der Waals surface area contributed by atoms with E-state index in [-0.39, 0.29) is 23.9 Å². The van der Waals surface area contributed by atoms with Gasteiger partial charge in [0.15, 0.2) is 0 Å². The summed E-state index contributed by atoms with van der Waals surface area (Å²) in [5.74, 6) is 1.91. The van der Waals surface area contributed by atoms with Gasteiger partial charge in [-0.2, -0.15) is 0 Å². The third-order valence-electron chi connectivity index (χ3n) is 8.80. The Morgan fingerprint density at radius 3 is 2.38 bits per heavy atom. The SMILES string of the molecule is COc1ccc(C(C)C)cc1CNC1C(c2ccccc2)N(C(=O)C2CCCCC2)CC1C(C)(C)OC. The molecule has 37 heavy (non-hydrogen) atoms. The summed E-state index contributed by atoms with van der Waals surface area (Å²) >= 11 is 0. The van der Waals surface area contributed by atoms with Crippen LogP contribution in [0.15, 0.2) is 48.5 Å². The van der Waals surface area contributed by atoms with Gasteiger partial charge in [-0.25, -0.2) is 0 Å². The highest BCUT2D eigenvalue weighted by atomic mass is 16.5. The molecule has 1 aliphatic heterocycles. The van der Waals surface area contributed by atoms with Crippen molar-refractivity contribution in [3.05, 3.63) is 65.2 Å². The second-order valence-electron chi connectivity index (χ2n) is 11.7. The van der Waals surface area contributed by atoms with Crippen LogP contribution in [0.2, 0.25) is 0 Å². The van der Waals surface area contributed by atoms with Crippen LogP contribution in [0.5, 0.6) is 5.75 Å². The third kappa shape index (κ3) is 6.04. The van der Waals surface area contributed by atoms with Crippen LogP contribution in [0.3, 0.4) is 0 Å². The Hall–Kier alpha value is -2.37. The van der Waals surface area contributed by atoms with Crippen LogP contribution >= 0.6 is 0 Å². The predicted octanol–water partition coefficient (Wildman–Crippen LogP) is 6.48. The number of nitrogens with zero attached hydrogens (tertiary/aromatic N) is 1. The molecule has 2 aliphatic rings. The molecular formula is C32H46N2O3. The van der Waals surface area contributed by atoms with Crippen LogP contribution < -0.4 is 10.1 Å². The molecule has 2 aromatic rings. The highest BCUT2D eigenvalue weighted by molar-refractivity contribution is 5.80. The second-order valence-corrected chi connectivity index (χ2v) is 11.7. The summed E-state index contributed by atoms with van der Waals surface area (Å²) in [6.45, 7) is 10.1. The smallest absolute Gasteiger partial charge is 0.226 e. The number of likely N-dealkylation sites (tertiary alicyclic amines) is 1. The first-order valence-electron chi connectivity index (χ1n) is 14.1. The van der Waals surface area contributed by atoms with Crippen molar-refractivity contribution in [3.8, 4) is 5.75 Å². The Kier molecular flexibility index (Phi) is 8.97. The summed E-state index contributed by atoms with van der Waals surface area (Å²) < 4.78 is 11.8. The van der Waals surface area contributed by atoms with E-state index in [2.05, 4.69) is 80.4 Å². The van der Waals surface area contributed by atoms with Gasteiger partial charge in [0.05, 0.1) is 18.8 Å². The van der Waals surface area contributed by atoms with Gasteiger partial charge in [0, 0.05) is 43.6 Å². The highest BCUT2D eigenvalue weighted by Crippen LogP contribution is 2.43. The fourth-order valence-electron chi connectivity index (χ4n) is 6.28. The zero-order chi connectivity index (χ0) is 26.6. The maximum atomic E-state index is 14.0. The minimum absolute atomic E-state index is 0.0392. The lowest BCUT2D eigenvalue weighted by Gasteiger charge is -2.36. The van der Waals surface area contributed by atoms with Gasteiger partial charge in [-0.1, -0.05) is 75.6 Å². The van der Waals surface area contributed by atoms with E-state index in [1.54, 1.807) is 14.2 Å². The van der Waals surface area contributed by atoms with E-state index in [0.29, 0.717) is 24.9 Å². The molecule has 0 radical (unpaired) electrons. The molecular weight excluding hydrogens is 460 g/mol. The average Bonchev–Trinajstić information content (AvgIpc) is 3.32. The first kappa shape index (κ1) is 27.7. The number of benzene rings is 2. The van der Waals surface area contributed by atoms with E-state index < -0.39 is 5.60 Å². The maximum Gasteiger partial charge on any atom is 0.226 e. The summed E-state index contributed by atoms with van der Waals surface area (Å²) in [5.41, 5.74) is 3.23. The second kappa shape index (κ2) is 12.0. The van der Waals surface area contributed by atoms with Crippen molar-refractivity contribution in [2.75, 3.05) is 20.8 Å². The van der Waals surface area contributed by atoms with E-state index in [1.807, 2.05) is 6.07 Å². The first-order chi connectivity index (χ1) is 17.8. The molecule has 0 aromatic heterocycles. The molecule has 5 heteroatoms. The summed E-state index contributed by atoms with van der Waals surface area (Å²) in [5, 5.41) is 3.91. The Morgan fingerprint density at radius 2 is 1.76 bits per heavy atom. The molecule has 0 spiro atoms. The minimum atomic E-state index is -0.393. The topological polar surface area (TPSA) is 50.8 Å². The number of amides is 1. The molecule has 4 rings (SSSR count). The van der Waals surface area contributed by atoms with Crippen LogP contribution in [0, 0.1) is 11.8 Å². The summed E-state index contributed by atoms with van der Waals surface area (Å²) in [6.07, 6.45) is 5.56. The fraction of sp³-hybridized carbons (Fsp3) is 0.594. The molecule has 2 fully saturated rings. The summed E-state index contributed by atoms with van der Waals surface area (Å²) in [4.78, 5) is 16.2. The van der Waals surface area contributed by atoms with Crippen molar-refractivity contribution >= 4 is 5.91 Å². The molecule has 202 valence electrons. The summed E-state index contributed by atoms with van der Waals surface area (Å²) in [7, 11) is 3.52. The van der Waals surface area contributed by atoms with Crippen molar-refractivity contribution in [2.45, 2.75) is 89.9 Å². The largest absolute Gasteiger partial charge is 0.496 e. The molecule has 1 heterocycles. The highest BCUT2D eigenvalue weighted by Gasteiger charge is 2.51. The van der Waals surface area contributed by atoms with Gasteiger partial charge < -0.3 is 19.7 Å². The molecule has 0 bridgehead atoms. The molecule has 1 saturated carbocycles. The number of carbonyl (C=O) groups excluding carboxylic acids is 1. The Labute approximate surface area is 223 Å². The van der Waals surface area contributed by atoms with Crippen LogP contribution in [-0.4, -0.2) is 43.2 Å². The number of methoxy groups -OCH3 is 2. The monoisotopic (exact) mass is 506 g/mol. The molecule has 1 saturated heterocycles. The molecule has 3 unspecified atom stereocenters. The molecule has 3 atom stereocenters. The Morgan fingerprint density at radius 1 is 1.05 bits per heavy atom. The van der Waals surface area contributed by atoms with Gasteiger partial charge in [0.1, 0.15) is 5.75 Å². The van der Waals surface area contributed by atoms with Crippen LogP contribution in [0.4, 0.5) is 0 Å². The van der Waals surface area contributed by atoms with E-state index in [0.717, 1.165) is 37.0 Å². The van der Waals surface area contributed by atoms with E-state index in [9.17, 15) is 4.79 Å². The van der Waals surface area contributed by atoms with Crippen LogP contribution in [0.25, 0.3) is 0 Å². The van der Waals surface area contributed by atoms with E-state index >= 15 is 0 Å². The Balaban J connectivity index is 1.70. The molecule has 1 aliphatic carbocycles. The quantitative estimate of drug-likeness (QED) is 0.423. The molecule has 1 amide bonds. The lowest BCUT2D eigenvalue weighted by atomic mass is 9.82. The van der Waals surface area contributed by atoms with Crippen LogP contribution in [0.1, 0.15) is 88.4 Å². The van der Waals surface area contributed by atoms with Crippen molar-refractivity contribution in [1.29, 1.82) is 0 Å². The number of nitrogens with one attached hydrogen (secondary N) is 1. The van der Waals surface area contributed by atoms with Crippen molar-refractivity contribution in [3.63, 3.8) is 0 Å². The number of ether oxygens (including phenoxy) is 2. The average molecular weight is 507 g/mol. The first-order valence-corrected chi connectivity index (χ1v) is 14.1.